The first kappa shape index (κ1) is 14.1. The first-order valence-electron chi connectivity index (χ1n) is 6.32. The molecule has 3 nitrogen and oxygen atoms in total. The Morgan fingerprint density at radius 1 is 1.15 bits per heavy atom. The summed E-state index contributed by atoms with van der Waals surface area (Å²) in [5.41, 5.74) is 1.15. The van der Waals surface area contributed by atoms with Gasteiger partial charge in [-0.25, -0.2) is 9.18 Å². The number of benzene rings is 2. The number of carbonyl (C=O) groups is 1. The Morgan fingerprint density at radius 2 is 1.85 bits per heavy atom. The number of hydrogen-bond acceptors (Lipinski definition) is 3. The highest BCUT2D eigenvalue weighted by atomic mass is 19.1. The van der Waals surface area contributed by atoms with Crippen LogP contribution in [0.3, 0.4) is 0 Å². The SMILES string of the molecule is CCOC(=O)c1cccc(Oc2ccc(F)cc2)c1C. The van der Waals surface area contributed by atoms with E-state index in [0.29, 0.717) is 29.2 Å². The quantitative estimate of drug-likeness (QED) is 0.787. The van der Waals surface area contributed by atoms with Gasteiger partial charge in [0.25, 0.3) is 0 Å². The number of carbonyl (C=O) groups excluding carboxylic acids is 1. The van der Waals surface area contributed by atoms with E-state index < -0.39 is 0 Å². The zero-order valence-corrected chi connectivity index (χ0v) is 11.4. The van der Waals surface area contributed by atoms with Crippen LogP contribution in [0.4, 0.5) is 4.39 Å². The fraction of sp³-hybridized carbons (Fsp3) is 0.188. The molecule has 0 aromatic heterocycles. The third-order valence-electron chi connectivity index (χ3n) is 2.82. The van der Waals surface area contributed by atoms with E-state index in [0.717, 1.165) is 0 Å². The summed E-state index contributed by atoms with van der Waals surface area (Å²) < 4.78 is 23.5. The third kappa shape index (κ3) is 3.15. The van der Waals surface area contributed by atoms with Crippen LogP contribution >= 0.6 is 0 Å². The normalized spacial score (nSPS) is 10.2. The van der Waals surface area contributed by atoms with Crippen LogP contribution in [-0.2, 0) is 4.74 Å². The molecule has 2 aromatic rings. The number of halogens is 1. The molecule has 0 atom stereocenters. The molecule has 0 N–H and O–H groups in total. The van der Waals surface area contributed by atoms with Crippen molar-refractivity contribution in [3.05, 3.63) is 59.4 Å². The van der Waals surface area contributed by atoms with Gasteiger partial charge in [0.2, 0.25) is 0 Å². The molecule has 0 saturated carbocycles. The van der Waals surface area contributed by atoms with Gasteiger partial charge in [0.05, 0.1) is 12.2 Å². The monoisotopic (exact) mass is 274 g/mol. The summed E-state index contributed by atoms with van der Waals surface area (Å²) in [6.45, 7) is 3.86. The van der Waals surface area contributed by atoms with Crippen LogP contribution in [0.5, 0.6) is 11.5 Å². The lowest BCUT2D eigenvalue weighted by molar-refractivity contribution is 0.0525. The highest BCUT2D eigenvalue weighted by Crippen LogP contribution is 2.27. The average Bonchev–Trinajstić information content (AvgIpc) is 2.44. The fourth-order valence-corrected chi connectivity index (χ4v) is 1.78. The smallest absolute Gasteiger partial charge is 0.338 e. The predicted octanol–water partition coefficient (Wildman–Crippen LogP) is 4.10. The van der Waals surface area contributed by atoms with Crippen molar-refractivity contribution >= 4 is 5.97 Å². The average molecular weight is 274 g/mol. The highest BCUT2D eigenvalue weighted by molar-refractivity contribution is 5.91. The van der Waals surface area contributed by atoms with E-state index in [9.17, 15) is 9.18 Å². The molecular weight excluding hydrogens is 259 g/mol. The first-order valence-corrected chi connectivity index (χ1v) is 6.32. The standard InChI is InChI=1S/C16H15FO3/c1-3-19-16(18)14-5-4-6-15(11(14)2)20-13-9-7-12(17)8-10-13/h4-10H,3H2,1-2H3. The van der Waals surface area contributed by atoms with E-state index >= 15 is 0 Å². The Balaban J connectivity index is 2.26. The van der Waals surface area contributed by atoms with Crippen LogP contribution in [0.1, 0.15) is 22.8 Å². The number of hydrogen-bond donors (Lipinski definition) is 0. The number of ether oxygens (including phenoxy) is 2. The second-order valence-corrected chi connectivity index (χ2v) is 4.21. The van der Waals surface area contributed by atoms with Crippen molar-refractivity contribution in [3.8, 4) is 11.5 Å². The Bertz CT molecular complexity index is 606. The van der Waals surface area contributed by atoms with Gasteiger partial charge >= 0.3 is 5.97 Å². The minimum absolute atomic E-state index is 0.321. The van der Waals surface area contributed by atoms with Gasteiger partial charge in [-0.2, -0.15) is 0 Å². The molecule has 0 spiro atoms. The highest BCUT2D eigenvalue weighted by Gasteiger charge is 2.13. The minimum Gasteiger partial charge on any atom is -0.462 e. The molecule has 4 heteroatoms. The summed E-state index contributed by atoms with van der Waals surface area (Å²) in [6.07, 6.45) is 0. The lowest BCUT2D eigenvalue weighted by atomic mass is 10.1. The summed E-state index contributed by atoms with van der Waals surface area (Å²) in [4.78, 5) is 11.8. The van der Waals surface area contributed by atoms with Crippen molar-refractivity contribution in [1.82, 2.24) is 0 Å². The van der Waals surface area contributed by atoms with Gasteiger partial charge in [0.1, 0.15) is 17.3 Å². The summed E-state index contributed by atoms with van der Waals surface area (Å²) >= 11 is 0. The largest absolute Gasteiger partial charge is 0.462 e. The molecule has 0 bridgehead atoms. The lowest BCUT2D eigenvalue weighted by Crippen LogP contribution is -2.07. The summed E-state index contributed by atoms with van der Waals surface area (Å²) in [5, 5.41) is 0. The number of rotatable bonds is 4. The Morgan fingerprint density at radius 3 is 2.50 bits per heavy atom. The van der Waals surface area contributed by atoms with Gasteiger partial charge in [0.15, 0.2) is 0 Å². The molecule has 0 aliphatic rings. The van der Waals surface area contributed by atoms with Gasteiger partial charge in [-0.15, -0.1) is 0 Å². The molecule has 20 heavy (non-hydrogen) atoms. The molecule has 0 unspecified atom stereocenters. The number of esters is 1. The molecule has 0 amide bonds. The molecule has 0 radical (unpaired) electrons. The molecule has 0 aliphatic carbocycles. The minimum atomic E-state index is -0.380. The summed E-state index contributed by atoms with van der Waals surface area (Å²) in [6, 6.07) is 10.9. The molecular formula is C16H15FO3. The topological polar surface area (TPSA) is 35.5 Å². The van der Waals surface area contributed by atoms with Gasteiger partial charge in [0, 0.05) is 5.56 Å². The molecule has 0 fully saturated rings. The maximum atomic E-state index is 12.8. The van der Waals surface area contributed by atoms with Crippen LogP contribution in [0.25, 0.3) is 0 Å². The van der Waals surface area contributed by atoms with E-state index in [1.54, 1.807) is 32.0 Å². The Kier molecular flexibility index (Phi) is 4.35. The van der Waals surface area contributed by atoms with Crippen LogP contribution in [0.2, 0.25) is 0 Å². The van der Waals surface area contributed by atoms with E-state index in [4.69, 9.17) is 9.47 Å². The Labute approximate surface area is 117 Å². The summed E-state index contributed by atoms with van der Waals surface area (Å²) in [7, 11) is 0. The predicted molar refractivity (Wildman–Crippen MR) is 73.6 cm³/mol. The molecule has 2 aromatic carbocycles. The molecule has 0 saturated heterocycles. The second-order valence-electron chi connectivity index (χ2n) is 4.21. The zero-order chi connectivity index (χ0) is 14.5. The Hall–Kier alpha value is -2.36. The van der Waals surface area contributed by atoms with Gasteiger partial charge in [-0.3, -0.25) is 0 Å². The van der Waals surface area contributed by atoms with Crippen LogP contribution in [0, 0.1) is 12.7 Å². The van der Waals surface area contributed by atoms with Gasteiger partial charge < -0.3 is 9.47 Å². The molecule has 2 rings (SSSR count). The van der Waals surface area contributed by atoms with E-state index in [1.807, 2.05) is 0 Å². The van der Waals surface area contributed by atoms with Crippen molar-refractivity contribution in [3.63, 3.8) is 0 Å². The maximum Gasteiger partial charge on any atom is 0.338 e. The van der Waals surface area contributed by atoms with E-state index in [2.05, 4.69) is 0 Å². The molecule has 0 aliphatic heterocycles. The third-order valence-corrected chi connectivity index (χ3v) is 2.82. The van der Waals surface area contributed by atoms with E-state index in [1.165, 1.54) is 24.3 Å². The second kappa shape index (κ2) is 6.19. The zero-order valence-electron chi connectivity index (χ0n) is 11.4. The van der Waals surface area contributed by atoms with Crippen molar-refractivity contribution in [1.29, 1.82) is 0 Å². The van der Waals surface area contributed by atoms with Crippen molar-refractivity contribution in [2.45, 2.75) is 13.8 Å². The molecule has 104 valence electrons. The van der Waals surface area contributed by atoms with Crippen molar-refractivity contribution in [2.24, 2.45) is 0 Å². The first-order chi connectivity index (χ1) is 9.61. The van der Waals surface area contributed by atoms with Crippen LogP contribution < -0.4 is 4.74 Å². The lowest BCUT2D eigenvalue weighted by Gasteiger charge is -2.11. The van der Waals surface area contributed by atoms with Crippen molar-refractivity contribution < 1.29 is 18.7 Å². The van der Waals surface area contributed by atoms with E-state index in [-0.39, 0.29) is 11.8 Å². The van der Waals surface area contributed by atoms with Gasteiger partial charge in [-0.1, -0.05) is 6.07 Å². The fourth-order valence-electron chi connectivity index (χ4n) is 1.78. The van der Waals surface area contributed by atoms with Gasteiger partial charge in [-0.05, 0) is 50.2 Å². The van der Waals surface area contributed by atoms with Crippen LogP contribution in [-0.4, -0.2) is 12.6 Å². The van der Waals surface area contributed by atoms with Crippen LogP contribution in [0.15, 0.2) is 42.5 Å². The maximum absolute atomic E-state index is 12.8. The van der Waals surface area contributed by atoms with Crippen molar-refractivity contribution in [2.75, 3.05) is 6.61 Å². The summed E-state index contributed by atoms with van der Waals surface area (Å²) in [5.74, 6) is 0.349. The molecule has 0 heterocycles.